The number of rotatable bonds is 4. The van der Waals surface area contributed by atoms with E-state index >= 15 is 0 Å². The van der Waals surface area contributed by atoms with Crippen LogP contribution >= 0.6 is 23.2 Å². The molecule has 2 rings (SSSR count). The molecule has 3 nitrogen and oxygen atoms in total. The van der Waals surface area contributed by atoms with Crippen LogP contribution in [0.1, 0.15) is 10.4 Å². The van der Waals surface area contributed by atoms with E-state index in [-0.39, 0.29) is 10.0 Å². The van der Waals surface area contributed by atoms with Crippen molar-refractivity contribution < 1.29 is 31.1 Å². The van der Waals surface area contributed by atoms with Crippen molar-refractivity contribution in [2.45, 2.75) is 18.0 Å². The third-order valence-corrected chi connectivity index (χ3v) is 3.86. The molecule has 0 saturated heterocycles. The molecule has 0 unspecified atom stereocenters. The summed E-state index contributed by atoms with van der Waals surface area (Å²) in [5, 5.41) is 2.22. The molecule has 2 N–H and O–H groups in total. The zero-order valence-electron chi connectivity index (χ0n) is 13.1. The largest absolute Gasteiger partial charge is 0.439 e. The smallest absolute Gasteiger partial charge is 0.348 e. The minimum absolute atomic E-state index is 0.0323. The number of hydrogen-bond acceptors (Lipinski definition) is 2. The summed E-state index contributed by atoms with van der Waals surface area (Å²) in [6.07, 6.45) is -11.9. The molecule has 0 saturated carbocycles. The van der Waals surface area contributed by atoms with Gasteiger partial charge in [0.15, 0.2) is 0 Å². The second-order valence-corrected chi connectivity index (χ2v) is 6.22. The summed E-state index contributed by atoms with van der Waals surface area (Å²) in [5.74, 6) is -1.62. The maximum absolute atomic E-state index is 13.6. The molecule has 2 aromatic carbocycles. The van der Waals surface area contributed by atoms with Crippen LogP contribution in [0.25, 0.3) is 0 Å². The Morgan fingerprint density at radius 1 is 0.815 bits per heavy atom. The Kier molecular flexibility index (Phi) is 5.86. The second-order valence-electron chi connectivity index (χ2n) is 5.35. The Morgan fingerprint density at radius 3 is 1.81 bits per heavy atom. The standard InChI is InChI=1S/C16H10Cl2F6N2O/c17-10-4-1-3-9(7-10)13(27)26-14(15(19,20)21,16(22,23)24)25-12-6-2-5-11(18)8-12/h1-8,25H,(H,26,27). The predicted octanol–water partition coefficient (Wildman–Crippen LogP) is 5.66. The van der Waals surface area contributed by atoms with Gasteiger partial charge in [-0.05, 0) is 36.4 Å². The van der Waals surface area contributed by atoms with Crippen molar-refractivity contribution in [3.63, 3.8) is 0 Å². The van der Waals surface area contributed by atoms with Crippen molar-refractivity contribution in [2.75, 3.05) is 5.32 Å². The highest BCUT2D eigenvalue weighted by Crippen LogP contribution is 2.44. The van der Waals surface area contributed by atoms with Gasteiger partial charge in [0.1, 0.15) is 0 Å². The highest BCUT2D eigenvalue weighted by Gasteiger charge is 2.72. The second kappa shape index (κ2) is 7.47. The van der Waals surface area contributed by atoms with E-state index in [4.69, 9.17) is 23.2 Å². The SMILES string of the molecule is O=C(NC(Nc1cccc(Cl)c1)(C(F)(F)F)C(F)(F)F)c1cccc(Cl)c1. The molecule has 2 aromatic rings. The van der Waals surface area contributed by atoms with Crippen molar-refractivity contribution >= 4 is 34.8 Å². The van der Waals surface area contributed by atoms with Crippen LogP contribution < -0.4 is 10.6 Å². The van der Waals surface area contributed by atoms with Crippen LogP contribution in [0.15, 0.2) is 48.5 Å². The number of benzene rings is 2. The minimum Gasteiger partial charge on any atom is -0.348 e. The molecular formula is C16H10Cl2F6N2O. The number of amides is 1. The monoisotopic (exact) mass is 430 g/mol. The van der Waals surface area contributed by atoms with Crippen LogP contribution in [-0.2, 0) is 0 Å². The molecule has 0 aliphatic carbocycles. The average molecular weight is 431 g/mol. The summed E-state index contributed by atoms with van der Waals surface area (Å²) < 4.78 is 81.3. The molecule has 0 radical (unpaired) electrons. The van der Waals surface area contributed by atoms with Crippen molar-refractivity contribution in [3.05, 3.63) is 64.1 Å². The Bertz CT molecular complexity index is 824. The first-order valence-electron chi connectivity index (χ1n) is 7.11. The topological polar surface area (TPSA) is 41.1 Å². The fourth-order valence-electron chi connectivity index (χ4n) is 2.13. The van der Waals surface area contributed by atoms with E-state index < -0.39 is 35.2 Å². The highest BCUT2D eigenvalue weighted by atomic mass is 35.5. The predicted molar refractivity (Wildman–Crippen MR) is 88.8 cm³/mol. The van der Waals surface area contributed by atoms with Crippen LogP contribution in [0.3, 0.4) is 0 Å². The van der Waals surface area contributed by atoms with Gasteiger partial charge in [-0.15, -0.1) is 0 Å². The Labute approximate surface area is 159 Å². The van der Waals surface area contributed by atoms with Crippen LogP contribution in [0.5, 0.6) is 0 Å². The fraction of sp³-hybridized carbons (Fsp3) is 0.188. The lowest BCUT2D eigenvalue weighted by atomic mass is 10.1. The van der Waals surface area contributed by atoms with Gasteiger partial charge in [-0.2, -0.15) is 26.3 Å². The van der Waals surface area contributed by atoms with Crippen molar-refractivity contribution in [2.24, 2.45) is 0 Å². The first kappa shape index (κ1) is 21.2. The minimum atomic E-state index is -5.94. The van der Waals surface area contributed by atoms with E-state index in [1.807, 2.05) is 0 Å². The Hall–Kier alpha value is -2.13. The third kappa shape index (κ3) is 4.59. The van der Waals surface area contributed by atoms with E-state index in [0.29, 0.717) is 0 Å². The summed E-state index contributed by atoms with van der Waals surface area (Å²) in [6, 6.07) is 8.71. The van der Waals surface area contributed by atoms with Crippen LogP contribution in [0, 0.1) is 0 Å². The van der Waals surface area contributed by atoms with Gasteiger partial charge >= 0.3 is 18.0 Å². The van der Waals surface area contributed by atoms with Gasteiger partial charge in [-0.25, -0.2) is 0 Å². The molecule has 0 aliphatic rings. The van der Waals surface area contributed by atoms with E-state index in [1.165, 1.54) is 23.5 Å². The molecule has 0 aliphatic heterocycles. The zero-order valence-corrected chi connectivity index (χ0v) is 14.6. The van der Waals surface area contributed by atoms with Gasteiger partial charge in [-0.1, -0.05) is 35.3 Å². The van der Waals surface area contributed by atoms with E-state index in [2.05, 4.69) is 0 Å². The molecule has 0 spiro atoms. The third-order valence-electron chi connectivity index (χ3n) is 3.39. The summed E-state index contributed by atoms with van der Waals surface area (Å²) in [7, 11) is 0. The fourth-order valence-corrected chi connectivity index (χ4v) is 2.51. The average Bonchev–Trinajstić information content (AvgIpc) is 2.52. The molecule has 27 heavy (non-hydrogen) atoms. The number of carbonyl (C=O) groups excluding carboxylic acids is 1. The number of carbonyl (C=O) groups is 1. The molecule has 0 atom stereocenters. The number of hydrogen-bond donors (Lipinski definition) is 2. The molecule has 0 fully saturated rings. The van der Waals surface area contributed by atoms with Crippen LogP contribution in [0.4, 0.5) is 32.0 Å². The van der Waals surface area contributed by atoms with Crippen LogP contribution in [0.2, 0.25) is 10.0 Å². The molecule has 11 heteroatoms. The van der Waals surface area contributed by atoms with E-state index in [9.17, 15) is 31.1 Å². The first-order valence-corrected chi connectivity index (χ1v) is 7.86. The number of alkyl halides is 6. The Balaban J connectivity index is 2.53. The molecule has 0 bridgehead atoms. The highest BCUT2D eigenvalue weighted by molar-refractivity contribution is 6.31. The summed E-state index contributed by atoms with van der Waals surface area (Å²) in [5.41, 5.74) is -5.83. The van der Waals surface area contributed by atoms with Crippen molar-refractivity contribution in [1.82, 2.24) is 5.32 Å². The lowest BCUT2D eigenvalue weighted by Gasteiger charge is -2.39. The van der Waals surface area contributed by atoms with Crippen molar-refractivity contribution in [3.8, 4) is 0 Å². The Morgan fingerprint density at radius 2 is 1.33 bits per heavy atom. The first-order chi connectivity index (χ1) is 12.4. The van der Waals surface area contributed by atoms with Gasteiger partial charge in [0.05, 0.1) is 0 Å². The van der Waals surface area contributed by atoms with E-state index in [1.54, 1.807) is 0 Å². The summed E-state index contributed by atoms with van der Waals surface area (Å²) >= 11 is 11.2. The van der Waals surface area contributed by atoms with E-state index in [0.717, 1.165) is 35.6 Å². The number of nitrogens with one attached hydrogen (secondary N) is 2. The van der Waals surface area contributed by atoms with Gasteiger partial charge in [-0.3, -0.25) is 4.79 Å². The number of anilines is 1. The van der Waals surface area contributed by atoms with Crippen molar-refractivity contribution in [1.29, 1.82) is 0 Å². The molecule has 0 aromatic heterocycles. The lowest BCUT2D eigenvalue weighted by Crippen LogP contribution is -2.72. The number of halogens is 8. The van der Waals surface area contributed by atoms with Gasteiger partial charge in [0, 0.05) is 21.3 Å². The maximum Gasteiger partial charge on any atom is 0.439 e. The molecule has 1 amide bonds. The van der Waals surface area contributed by atoms with Gasteiger partial charge < -0.3 is 10.6 Å². The molecular weight excluding hydrogens is 421 g/mol. The zero-order chi connectivity index (χ0) is 20.5. The normalized spacial score (nSPS) is 12.6. The molecule has 146 valence electrons. The maximum atomic E-state index is 13.6. The quantitative estimate of drug-likeness (QED) is 0.485. The lowest BCUT2D eigenvalue weighted by molar-refractivity contribution is -0.294. The molecule has 0 heterocycles. The summed E-state index contributed by atoms with van der Waals surface area (Å²) in [6.45, 7) is 0. The summed E-state index contributed by atoms with van der Waals surface area (Å²) in [4.78, 5) is 12.1. The van der Waals surface area contributed by atoms with Gasteiger partial charge in [0.25, 0.3) is 5.91 Å². The van der Waals surface area contributed by atoms with Gasteiger partial charge in [0.2, 0.25) is 0 Å². The van der Waals surface area contributed by atoms with Crippen LogP contribution in [-0.4, -0.2) is 23.9 Å².